The summed E-state index contributed by atoms with van der Waals surface area (Å²) in [5.41, 5.74) is 0.430. The number of benzene rings is 2. The summed E-state index contributed by atoms with van der Waals surface area (Å²) in [6.07, 6.45) is 1.75. The van der Waals surface area contributed by atoms with Crippen molar-refractivity contribution in [2.75, 3.05) is 11.9 Å². The summed E-state index contributed by atoms with van der Waals surface area (Å²) in [5.74, 6) is -10.2. The van der Waals surface area contributed by atoms with Crippen LogP contribution in [0.25, 0.3) is 0 Å². The summed E-state index contributed by atoms with van der Waals surface area (Å²) in [6, 6.07) is 4.38. The molecule has 1 unspecified atom stereocenters. The van der Waals surface area contributed by atoms with Crippen LogP contribution in [0, 0.1) is 23.3 Å². The fourth-order valence-electron chi connectivity index (χ4n) is 4.54. The number of unbranched alkanes of at least 4 members (excludes halogenated alkanes) is 2. The summed E-state index contributed by atoms with van der Waals surface area (Å²) in [5, 5.41) is 7.30. The number of rotatable bonds is 9. The van der Waals surface area contributed by atoms with E-state index in [0.717, 1.165) is 0 Å². The number of carbonyl (C=O) groups is 5. The van der Waals surface area contributed by atoms with Crippen LogP contribution in [0.4, 0.5) is 23.2 Å². The molecule has 2 heterocycles. The zero-order valence-corrected chi connectivity index (χ0v) is 20.5. The van der Waals surface area contributed by atoms with Crippen LogP contribution in [0.3, 0.4) is 0 Å². The topological polar surface area (TPSA) is 125 Å². The highest BCUT2D eigenvalue weighted by Crippen LogP contribution is 2.32. The van der Waals surface area contributed by atoms with Crippen LogP contribution in [0.15, 0.2) is 24.3 Å². The van der Waals surface area contributed by atoms with Gasteiger partial charge in [0.25, 0.3) is 11.8 Å². The van der Waals surface area contributed by atoms with Crippen LogP contribution < -0.4 is 16.0 Å². The lowest BCUT2D eigenvalue weighted by Crippen LogP contribution is -2.52. The smallest absolute Gasteiger partial charge is 0.255 e. The van der Waals surface area contributed by atoms with Gasteiger partial charge < -0.3 is 15.5 Å². The Balaban J connectivity index is 1.23. The number of anilines is 1. The fourth-order valence-corrected chi connectivity index (χ4v) is 4.54. The Morgan fingerprint density at radius 3 is 2.51 bits per heavy atom. The Bertz CT molecular complexity index is 1370. The van der Waals surface area contributed by atoms with E-state index in [1.54, 1.807) is 18.2 Å². The molecule has 13 heteroatoms. The second kappa shape index (κ2) is 11.6. The van der Waals surface area contributed by atoms with E-state index in [4.69, 9.17) is 0 Å². The fraction of sp³-hybridized carbons (Fsp3) is 0.346. The molecule has 4 rings (SSSR count). The van der Waals surface area contributed by atoms with Crippen molar-refractivity contribution >= 4 is 35.2 Å². The Hall–Kier alpha value is -4.29. The maximum atomic E-state index is 13.7. The van der Waals surface area contributed by atoms with Gasteiger partial charge >= 0.3 is 0 Å². The zero-order chi connectivity index (χ0) is 28.3. The molecule has 1 saturated heterocycles. The molecule has 0 aromatic heterocycles. The molecule has 2 aliphatic heterocycles. The van der Waals surface area contributed by atoms with Crippen molar-refractivity contribution in [3.8, 4) is 0 Å². The number of fused-ring (bicyclic) bond motifs is 1. The van der Waals surface area contributed by atoms with Gasteiger partial charge in [0, 0.05) is 42.7 Å². The highest BCUT2D eigenvalue weighted by molar-refractivity contribution is 6.06. The van der Waals surface area contributed by atoms with Gasteiger partial charge in [0.05, 0.1) is 5.56 Å². The number of hydrogen-bond acceptors (Lipinski definition) is 5. The third kappa shape index (κ3) is 5.91. The van der Waals surface area contributed by atoms with Gasteiger partial charge in [-0.25, -0.2) is 17.6 Å². The summed E-state index contributed by atoms with van der Waals surface area (Å²) >= 11 is 0. The molecular weight excluding hydrogens is 524 g/mol. The molecule has 0 radical (unpaired) electrons. The molecule has 3 N–H and O–H groups in total. The molecule has 1 atom stereocenters. The second-order valence-electron chi connectivity index (χ2n) is 9.19. The minimum Gasteiger partial charge on any atom is -0.352 e. The Kier molecular flexibility index (Phi) is 8.27. The summed E-state index contributed by atoms with van der Waals surface area (Å²) in [6.45, 7) is 0.143. The Morgan fingerprint density at radius 1 is 1.00 bits per heavy atom. The number of hydrogen-bond donors (Lipinski definition) is 3. The average molecular weight is 548 g/mol. The van der Waals surface area contributed by atoms with Crippen molar-refractivity contribution in [1.29, 1.82) is 0 Å². The molecule has 0 bridgehead atoms. The molecule has 1 fully saturated rings. The van der Waals surface area contributed by atoms with Crippen LogP contribution in [0.2, 0.25) is 0 Å². The maximum absolute atomic E-state index is 13.7. The van der Waals surface area contributed by atoms with E-state index in [2.05, 4.69) is 16.0 Å². The third-order valence-electron chi connectivity index (χ3n) is 6.57. The third-order valence-corrected chi connectivity index (χ3v) is 6.57. The van der Waals surface area contributed by atoms with E-state index >= 15 is 0 Å². The van der Waals surface area contributed by atoms with Gasteiger partial charge in [0.2, 0.25) is 17.7 Å². The van der Waals surface area contributed by atoms with Gasteiger partial charge in [0.1, 0.15) is 6.04 Å². The Morgan fingerprint density at radius 2 is 1.77 bits per heavy atom. The molecule has 0 saturated carbocycles. The molecular formula is C26H24F4N4O5. The summed E-state index contributed by atoms with van der Waals surface area (Å²) in [7, 11) is 0. The lowest BCUT2D eigenvalue weighted by molar-refractivity contribution is -0.137. The summed E-state index contributed by atoms with van der Waals surface area (Å²) in [4.78, 5) is 62.4. The van der Waals surface area contributed by atoms with Gasteiger partial charge in [-0.05, 0) is 37.5 Å². The van der Waals surface area contributed by atoms with Crippen molar-refractivity contribution in [3.63, 3.8) is 0 Å². The lowest BCUT2D eigenvalue weighted by atomic mass is 10.0. The first kappa shape index (κ1) is 27.7. The number of piperidine rings is 1. The average Bonchev–Trinajstić information content (AvgIpc) is 3.23. The van der Waals surface area contributed by atoms with E-state index in [1.165, 1.54) is 4.90 Å². The van der Waals surface area contributed by atoms with Crippen LogP contribution in [0.5, 0.6) is 0 Å². The second-order valence-corrected chi connectivity index (χ2v) is 9.19. The minimum atomic E-state index is -2.07. The molecule has 39 heavy (non-hydrogen) atoms. The highest BCUT2D eigenvalue weighted by atomic mass is 19.2. The van der Waals surface area contributed by atoms with Crippen LogP contribution in [-0.2, 0) is 20.9 Å². The van der Waals surface area contributed by atoms with Crippen molar-refractivity contribution in [1.82, 2.24) is 15.5 Å². The van der Waals surface area contributed by atoms with Crippen molar-refractivity contribution in [3.05, 3.63) is 64.2 Å². The highest BCUT2D eigenvalue weighted by Gasteiger charge is 2.40. The van der Waals surface area contributed by atoms with Crippen molar-refractivity contribution in [2.24, 2.45) is 0 Å². The number of halogens is 4. The Labute approximate surface area is 219 Å². The number of amides is 5. The molecule has 206 valence electrons. The molecule has 2 aliphatic rings. The molecule has 0 aliphatic carbocycles. The van der Waals surface area contributed by atoms with Crippen molar-refractivity contribution < 1.29 is 41.5 Å². The van der Waals surface area contributed by atoms with Crippen molar-refractivity contribution in [2.45, 2.75) is 51.1 Å². The predicted octanol–water partition coefficient (Wildman–Crippen LogP) is 2.93. The number of carbonyl (C=O) groups excluding carboxylic acids is 5. The van der Waals surface area contributed by atoms with Gasteiger partial charge in [-0.2, -0.15) is 0 Å². The maximum Gasteiger partial charge on any atom is 0.255 e. The standard InChI is InChI=1S/C26H24F4N4O5/c27-16-11-14(21(28)23(30)22(16)29)24(37)31-10-3-1-2-7-19(35)32-17-6-4-5-13-15(17)12-34(26(13)39)18-8-9-20(36)33-25(18)38/h4-6,11,18H,1-3,7-10,12H2,(H,31,37)(H,32,35)(H,33,36,38). The van der Waals surface area contributed by atoms with Crippen LogP contribution in [-0.4, -0.2) is 47.0 Å². The van der Waals surface area contributed by atoms with Gasteiger partial charge in [0.15, 0.2) is 23.3 Å². The molecule has 2 aromatic rings. The SMILES string of the molecule is O=C1CCC(N2Cc3c(NC(=O)CCCCCNC(=O)c4cc(F)c(F)c(F)c4F)cccc3C2=O)C(=O)N1. The quantitative estimate of drug-likeness (QED) is 0.146. The normalized spacial score (nSPS) is 16.7. The van der Waals surface area contributed by atoms with E-state index in [9.17, 15) is 41.5 Å². The number of imide groups is 1. The number of nitrogens with one attached hydrogen (secondary N) is 3. The first-order valence-electron chi connectivity index (χ1n) is 12.3. The van der Waals surface area contributed by atoms with E-state index in [1.807, 2.05) is 0 Å². The largest absolute Gasteiger partial charge is 0.352 e. The van der Waals surface area contributed by atoms with E-state index in [0.29, 0.717) is 36.1 Å². The first-order valence-corrected chi connectivity index (χ1v) is 12.3. The van der Waals surface area contributed by atoms with Gasteiger partial charge in [-0.1, -0.05) is 12.5 Å². The minimum absolute atomic E-state index is 0.0327. The van der Waals surface area contributed by atoms with Gasteiger partial charge in [-0.15, -0.1) is 0 Å². The van der Waals surface area contributed by atoms with E-state index < -0.39 is 46.7 Å². The lowest BCUT2D eigenvalue weighted by Gasteiger charge is -2.29. The first-order chi connectivity index (χ1) is 18.6. The monoisotopic (exact) mass is 548 g/mol. The molecule has 9 nitrogen and oxygen atoms in total. The van der Waals surface area contributed by atoms with Gasteiger partial charge in [-0.3, -0.25) is 29.3 Å². The van der Waals surface area contributed by atoms with Crippen LogP contribution in [0.1, 0.15) is 64.8 Å². The van der Waals surface area contributed by atoms with Crippen LogP contribution >= 0.6 is 0 Å². The summed E-state index contributed by atoms with van der Waals surface area (Å²) < 4.78 is 53.3. The zero-order valence-electron chi connectivity index (χ0n) is 20.5. The van der Waals surface area contributed by atoms with E-state index in [-0.39, 0.29) is 56.1 Å². The number of nitrogens with zero attached hydrogens (tertiary/aromatic N) is 1. The molecule has 5 amide bonds. The molecule has 0 spiro atoms. The molecule has 2 aromatic carbocycles. The predicted molar refractivity (Wildman–Crippen MR) is 128 cm³/mol.